The smallest absolute Gasteiger partial charge is 0.0750 e. The maximum Gasteiger partial charge on any atom is 0.0750 e. The Labute approximate surface area is 105 Å². The summed E-state index contributed by atoms with van der Waals surface area (Å²) in [6.07, 6.45) is 1.10. The predicted molar refractivity (Wildman–Crippen MR) is 73.2 cm³/mol. The maximum atomic E-state index is 5.64. The summed E-state index contributed by atoms with van der Waals surface area (Å²) >= 11 is 0. The summed E-state index contributed by atoms with van der Waals surface area (Å²) in [6.45, 7) is 11.0. The minimum absolute atomic E-state index is 0.0852. The number of hydrogen-bond donors (Lipinski definition) is 1. The molecule has 2 heteroatoms. The molecule has 17 heavy (non-hydrogen) atoms. The lowest BCUT2D eigenvalue weighted by Crippen LogP contribution is -2.37. The molecule has 0 amide bonds. The molecule has 0 aliphatic rings. The predicted octanol–water partition coefficient (Wildman–Crippen LogP) is 3.15. The highest BCUT2D eigenvalue weighted by Gasteiger charge is 2.16. The molecule has 0 aliphatic carbocycles. The van der Waals surface area contributed by atoms with Crippen molar-refractivity contribution in [3.63, 3.8) is 0 Å². The molecule has 0 radical (unpaired) electrons. The molecule has 0 aromatic heterocycles. The van der Waals surface area contributed by atoms with Crippen LogP contribution in [-0.4, -0.2) is 18.8 Å². The Hall–Kier alpha value is -0.860. The van der Waals surface area contributed by atoms with Crippen LogP contribution in [-0.2, 0) is 17.7 Å². The summed E-state index contributed by atoms with van der Waals surface area (Å²) in [5.74, 6) is 0. The van der Waals surface area contributed by atoms with Crippen LogP contribution in [0.1, 0.15) is 38.8 Å². The van der Waals surface area contributed by atoms with Gasteiger partial charge in [-0.1, -0.05) is 31.2 Å². The van der Waals surface area contributed by atoms with Crippen molar-refractivity contribution in [3.8, 4) is 0 Å². The summed E-state index contributed by atoms with van der Waals surface area (Å²) in [7, 11) is 0. The highest BCUT2D eigenvalue weighted by atomic mass is 16.5. The normalized spacial score (nSPS) is 11.8. The molecule has 0 saturated carbocycles. The zero-order chi connectivity index (χ0) is 12.7. The molecule has 0 bridgehead atoms. The minimum atomic E-state index is -0.0852. The number of benzene rings is 1. The van der Waals surface area contributed by atoms with Crippen molar-refractivity contribution in [1.29, 1.82) is 0 Å². The van der Waals surface area contributed by atoms with Crippen molar-refractivity contribution in [2.75, 3.05) is 13.2 Å². The summed E-state index contributed by atoms with van der Waals surface area (Å²) < 4.78 is 5.64. The van der Waals surface area contributed by atoms with E-state index < -0.39 is 0 Å². The molecule has 0 saturated heterocycles. The summed E-state index contributed by atoms with van der Waals surface area (Å²) in [5, 5.41) is 3.44. The second-order valence-electron chi connectivity index (χ2n) is 4.97. The molecular weight excluding hydrogens is 210 g/mol. The number of nitrogens with one attached hydrogen (secondary N) is 1. The van der Waals surface area contributed by atoms with Gasteiger partial charge in [0.1, 0.15) is 0 Å². The summed E-state index contributed by atoms with van der Waals surface area (Å²) in [4.78, 5) is 0. The molecule has 1 rings (SSSR count). The third kappa shape index (κ3) is 5.33. The van der Waals surface area contributed by atoms with Gasteiger partial charge in [0.15, 0.2) is 0 Å². The van der Waals surface area contributed by atoms with Crippen molar-refractivity contribution < 1.29 is 4.74 Å². The Morgan fingerprint density at radius 2 is 1.65 bits per heavy atom. The van der Waals surface area contributed by atoms with Crippen LogP contribution in [0.15, 0.2) is 24.3 Å². The number of aryl methyl sites for hydroxylation is 1. The van der Waals surface area contributed by atoms with Crippen LogP contribution in [0, 0.1) is 0 Å². The van der Waals surface area contributed by atoms with E-state index in [1.165, 1.54) is 11.1 Å². The zero-order valence-electron chi connectivity index (χ0n) is 11.5. The van der Waals surface area contributed by atoms with Crippen LogP contribution < -0.4 is 5.32 Å². The van der Waals surface area contributed by atoms with Crippen molar-refractivity contribution in [2.24, 2.45) is 0 Å². The Bertz CT molecular complexity index is 316. The van der Waals surface area contributed by atoms with Crippen LogP contribution in [0.25, 0.3) is 0 Å². The van der Waals surface area contributed by atoms with E-state index in [4.69, 9.17) is 4.74 Å². The molecule has 0 heterocycles. The maximum absolute atomic E-state index is 5.64. The van der Waals surface area contributed by atoms with Gasteiger partial charge in [0.2, 0.25) is 0 Å². The molecular formula is C15H25NO. The van der Waals surface area contributed by atoms with Gasteiger partial charge in [-0.15, -0.1) is 0 Å². The molecule has 2 nitrogen and oxygen atoms in total. The highest BCUT2D eigenvalue weighted by molar-refractivity contribution is 5.22. The van der Waals surface area contributed by atoms with E-state index >= 15 is 0 Å². The Balaban J connectivity index is 2.35. The van der Waals surface area contributed by atoms with Crippen LogP contribution in [0.5, 0.6) is 0 Å². The van der Waals surface area contributed by atoms with Crippen molar-refractivity contribution in [3.05, 3.63) is 35.4 Å². The molecule has 0 fully saturated rings. The largest absolute Gasteiger partial charge is 0.375 e. The zero-order valence-corrected chi connectivity index (χ0v) is 11.5. The lowest BCUT2D eigenvalue weighted by atomic mass is 10.1. The Kier molecular flexibility index (Phi) is 5.66. The first-order chi connectivity index (χ1) is 8.07. The number of hydrogen-bond acceptors (Lipinski definition) is 2. The molecule has 1 aromatic rings. The van der Waals surface area contributed by atoms with Gasteiger partial charge < -0.3 is 10.1 Å². The average molecular weight is 235 g/mol. The second kappa shape index (κ2) is 6.77. The number of rotatable bonds is 7. The van der Waals surface area contributed by atoms with E-state index in [2.05, 4.69) is 50.4 Å². The van der Waals surface area contributed by atoms with Gasteiger partial charge in [-0.25, -0.2) is 0 Å². The van der Waals surface area contributed by atoms with Gasteiger partial charge >= 0.3 is 0 Å². The molecule has 1 N–H and O–H groups in total. The van der Waals surface area contributed by atoms with E-state index in [0.29, 0.717) is 0 Å². The highest BCUT2D eigenvalue weighted by Crippen LogP contribution is 2.08. The molecule has 0 atom stereocenters. The van der Waals surface area contributed by atoms with E-state index in [9.17, 15) is 0 Å². The van der Waals surface area contributed by atoms with Crippen LogP contribution in [0.3, 0.4) is 0 Å². The van der Waals surface area contributed by atoms with Gasteiger partial charge in [-0.05, 0) is 38.3 Å². The van der Waals surface area contributed by atoms with E-state index in [-0.39, 0.29) is 5.60 Å². The van der Waals surface area contributed by atoms with Gasteiger partial charge in [0, 0.05) is 19.7 Å². The molecule has 96 valence electrons. The first-order valence-electron chi connectivity index (χ1n) is 6.50. The van der Waals surface area contributed by atoms with Gasteiger partial charge in [-0.3, -0.25) is 0 Å². The average Bonchev–Trinajstić information content (AvgIpc) is 2.29. The van der Waals surface area contributed by atoms with Crippen molar-refractivity contribution in [2.45, 2.75) is 46.3 Å². The summed E-state index contributed by atoms with van der Waals surface area (Å²) in [6, 6.07) is 8.79. The third-order valence-electron chi connectivity index (χ3n) is 2.85. The van der Waals surface area contributed by atoms with Crippen LogP contribution >= 0.6 is 0 Å². The van der Waals surface area contributed by atoms with Crippen LogP contribution in [0.2, 0.25) is 0 Å². The fourth-order valence-corrected chi connectivity index (χ4v) is 1.84. The monoisotopic (exact) mass is 235 g/mol. The fourth-order valence-electron chi connectivity index (χ4n) is 1.84. The van der Waals surface area contributed by atoms with E-state index in [0.717, 1.165) is 26.1 Å². The van der Waals surface area contributed by atoms with E-state index in [1.807, 2.05) is 6.92 Å². The van der Waals surface area contributed by atoms with Gasteiger partial charge in [-0.2, -0.15) is 0 Å². The van der Waals surface area contributed by atoms with Crippen LogP contribution in [0.4, 0.5) is 0 Å². The third-order valence-corrected chi connectivity index (χ3v) is 2.85. The van der Waals surface area contributed by atoms with Gasteiger partial charge in [0.05, 0.1) is 5.60 Å². The minimum Gasteiger partial charge on any atom is -0.375 e. The molecule has 0 aliphatic heterocycles. The van der Waals surface area contributed by atoms with E-state index in [1.54, 1.807) is 0 Å². The summed E-state index contributed by atoms with van der Waals surface area (Å²) in [5.41, 5.74) is 2.64. The quantitative estimate of drug-likeness (QED) is 0.784. The number of ether oxygens (including phenoxy) is 1. The molecule has 0 unspecified atom stereocenters. The van der Waals surface area contributed by atoms with Gasteiger partial charge in [0.25, 0.3) is 0 Å². The fraction of sp³-hybridized carbons (Fsp3) is 0.600. The first kappa shape index (κ1) is 14.2. The lowest BCUT2D eigenvalue weighted by molar-refractivity contribution is -0.00897. The topological polar surface area (TPSA) is 21.3 Å². The SMILES string of the molecule is CCOC(C)(C)CNCc1ccc(CC)cc1. The first-order valence-corrected chi connectivity index (χ1v) is 6.50. The van der Waals surface area contributed by atoms with Crippen molar-refractivity contribution >= 4 is 0 Å². The Morgan fingerprint density at radius 3 is 2.18 bits per heavy atom. The standard InChI is InChI=1S/C15H25NO/c1-5-13-7-9-14(10-8-13)11-16-12-15(3,4)17-6-2/h7-10,16H,5-6,11-12H2,1-4H3. The van der Waals surface area contributed by atoms with Crippen molar-refractivity contribution in [1.82, 2.24) is 5.32 Å². The Morgan fingerprint density at radius 1 is 1.06 bits per heavy atom. The molecule has 0 spiro atoms. The second-order valence-corrected chi connectivity index (χ2v) is 4.97. The molecule has 1 aromatic carbocycles. The lowest BCUT2D eigenvalue weighted by Gasteiger charge is -2.25.